The van der Waals surface area contributed by atoms with E-state index in [2.05, 4.69) is 4.98 Å². The van der Waals surface area contributed by atoms with Gasteiger partial charge < -0.3 is 9.88 Å². The molecule has 1 aliphatic rings. The zero-order valence-electron chi connectivity index (χ0n) is 11.9. The van der Waals surface area contributed by atoms with Crippen molar-refractivity contribution in [3.05, 3.63) is 28.7 Å². The second-order valence-corrected chi connectivity index (χ2v) is 6.82. The summed E-state index contributed by atoms with van der Waals surface area (Å²) in [5, 5.41) is 0. The molecule has 0 aliphatic carbocycles. The molecule has 0 atom stereocenters. The maximum absolute atomic E-state index is 12.5. The number of nitrogens with one attached hydrogen (secondary N) is 1. The molecule has 0 spiro atoms. The lowest BCUT2D eigenvalue weighted by atomic mass is 10.3. The van der Waals surface area contributed by atoms with E-state index in [4.69, 9.17) is 0 Å². The molecule has 8 heteroatoms. The van der Waals surface area contributed by atoms with Crippen molar-refractivity contribution in [1.29, 1.82) is 0 Å². The van der Waals surface area contributed by atoms with Gasteiger partial charge in [-0.15, -0.1) is 0 Å². The number of aromatic amines is 1. The molecule has 2 heterocycles. The van der Waals surface area contributed by atoms with Crippen LogP contribution in [0, 0.1) is 0 Å². The maximum Gasteiger partial charge on any atom is 0.247 e. The van der Waals surface area contributed by atoms with E-state index in [0.29, 0.717) is 32.5 Å². The highest BCUT2D eigenvalue weighted by molar-refractivity contribution is 7.89. The van der Waals surface area contributed by atoms with Crippen molar-refractivity contribution in [2.75, 3.05) is 26.2 Å². The van der Waals surface area contributed by atoms with Crippen molar-refractivity contribution < 1.29 is 13.2 Å². The zero-order chi connectivity index (χ0) is 15.5. The van der Waals surface area contributed by atoms with Gasteiger partial charge in [-0.1, -0.05) is 6.92 Å². The van der Waals surface area contributed by atoms with Crippen LogP contribution in [0.1, 0.15) is 19.8 Å². The minimum absolute atomic E-state index is 0.0401. The average molecular weight is 313 g/mol. The van der Waals surface area contributed by atoms with Crippen molar-refractivity contribution in [2.24, 2.45) is 0 Å². The van der Waals surface area contributed by atoms with Gasteiger partial charge in [0.2, 0.25) is 21.5 Å². The third-order valence-corrected chi connectivity index (χ3v) is 5.40. The van der Waals surface area contributed by atoms with E-state index < -0.39 is 10.0 Å². The fourth-order valence-electron chi connectivity index (χ4n) is 2.31. The van der Waals surface area contributed by atoms with E-state index in [9.17, 15) is 18.0 Å². The van der Waals surface area contributed by atoms with E-state index in [0.717, 1.165) is 0 Å². The number of sulfonamides is 1. The molecule has 7 nitrogen and oxygen atoms in total. The molecule has 1 amide bonds. The standard InChI is InChI=1S/C13H19N3O4S/c1-2-13(18)15-6-3-7-16(9-8-15)21(19,20)11-4-5-12(17)14-10-11/h4-5,10H,2-3,6-9H2,1H3,(H,14,17). The van der Waals surface area contributed by atoms with E-state index in [1.54, 1.807) is 11.8 Å². The fourth-order valence-corrected chi connectivity index (χ4v) is 3.75. The van der Waals surface area contributed by atoms with Gasteiger partial charge in [-0.05, 0) is 12.5 Å². The van der Waals surface area contributed by atoms with E-state index in [1.807, 2.05) is 0 Å². The number of carbonyl (C=O) groups excluding carboxylic acids is 1. The Kier molecular flexibility index (Phi) is 4.79. The van der Waals surface area contributed by atoms with Crippen LogP contribution in [0.3, 0.4) is 0 Å². The van der Waals surface area contributed by atoms with E-state index in [-0.39, 0.29) is 22.9 Å². The number of rotatable bonds is 3. The summed E-state index contributed by atoms with van der Waals surface area (Å²) in [6.07, 6.45) is 2.23. The van der Waals surface area contributed by atoms with Gasteiger partial charge in [-0.3, -0.25) is 9.59 Å². The van der Waals surface area contributed by atoms with Gasteiger partial charge in [-0.2, -0.15) is 4.31 Å². The lowest BCUT2D eigenvalue weighted by Gasteiger charge is -2.21. The number of aromatic nitrogens is 1. The number of amides is 1. The molecule has 0 unspecified atom stereocenters. The third-order valence-electron chi connectivity index (χ3n) is 3.50. The average Bonchev–Trinajstić information content (AvgIpc) is 2.73. The molecule has 21 heavy (non-hydrogen) atoms. The first-order valence-corrected chi connectivity index (χ1v) is 8.36. The van der Waals surface area contributed by atoms with Crippen molar-refractivity contribution in [3.63, 3.8) is 0 Å². The molecule has 1 fully saturated rings. The maximum atomic E-state index is 12.5. The molecule has 116 valence electrons. The Bertz CT molecular complexity index is 648. The third kappa shape index (κ3) is 3.51. The molecule has 0 radical (unpaired) electrons. The van der Waals surface area contributed by atoms with Crippen LogP contribution in [0.25, 0.3) is 0 Å². The number of hydrogen-bond acceptors (Lipinski definition) is 4. The van der Waals surface area contributed by atoms with Crippen LogP contribution in [-0.2, 0) is 14.8 Å². The highest BCUT2D eigenvalue weighted by Crippen LogP contribution is 2.16. The first-order valence-electron chi connectivity index (χ1n) is 6.92. The minimum Gasteiger partial charge on any atom is -0.341 e. The fraction of sp³-hybridized carbons (Fsp3) is 0.538. The molecule has 0 saturated carbocycles. The van der Waals surface area contributed by atoms with Gasteiger partial charge in [0.05, 0.1) is 4.90 Å². The second-order valence-electron chi connectivity index (χ2n) is 4.88. The summed E-state index contributed by atoms with van der Waals surface area (Å²) in [7, 11) is -3.63. The number of hydrogen-bond donors (Lipinski definition) is 1. The molecule has 0 bridgehead atoms. The Labute approximate surface area is 123 Å². The lowest BCUT2D eigenvalue weighted by molar-refractivity contribution is -0.130. The van der Waals surface area contributed by atoms with Gasteiger partial charge in [0.15, 0.2) is 0 Å². The Balaban J connectivity index is 2.16. The van der Waals surface area contributed by atoms with E-state index >= 15 is 0 Å². The first-order chi connectivity index (χ1) is 9.95. The Morgan fingerprint density at radius 3 is 2.62 bits per heavy atom. The number of pyridine rings is 1. The zero-order valence-corrected chi connectivity index (χ0v) is 12.7. The van der Waals surface area contributed by atoms with Gasteiger partial charge in [0, 0.05) is 44.9 Å². The number of nitrogens with zero attached hydrogens (tertiary/aromatic N) is 2. The molecule has 1 aromatic rings. The largest absolute Gasteiger partial charge is 0.341 e. The monoisotopic (exact) mass is 313 g/mol. The van der Waals surface area contributed by atoms with Crippen LogP contribution in [0.4, 0.5) is 0 Å². The normalized spacial score (nSPS) is 17.5. The number of H-pyrrole nitrogens is 1. The van der Waals surface area contributed by atoms with Gasteiger partial charge >= 0.3 is 0 Å². The highest BCUT2D eigenvalue weighted by atomic mass is 32.2. The van der Waals surface area contributed by atoms with Crippen LogP contribution in [0.15, 0.2) is 28.0 Å². The summed E-state index contributed by atoms with van der Waals surface area (Å²) in [6.45, 7) is 3.41. The summed E-state index contributed by atoms with van der Waals surface area (Å²) < 4.78 is 26.4. The Morgan fingerprint density at radius 1 is 1.24 bits per heavy atom. The van der Waals surface area contributed by atoms with Crippen molar-refractivity contribution in [1.82, 2.24) is 14.2 Å². The summed E-state index contributed by atoms with van der Waals surface area (Å²) >= 11 is 0. The highest BCUT2D eigenvalue weighted by Gasteiger charge is 2.27. The van der Waals surface area contributed by atoms with E-state index in [1.165, 1.54) is 22.6 Å². The van der Waals surface area contributed by atoms with Crippen LogP contribution in [0.5, 0.6) is 0 Å². The molecule has 1 saturated heterocycles. The van der Waals surface area contributed by atoms with Crippen LogP contribution in [-0.4, -0.2) is 54.7 Å². The smallest absolute Gasteiger partial charge is 0.247 e. The quantitative estimate of drug-likeness (QED) is 0.851. The minimum atomic E-state index is -3.63. The van der Waals surface area contributed by atoms with Crippen molar-refractivity contribution in [3.8, 4) is 0 Å². The first kappa shape index (κ1) is 15.7. The molecule has 2 rings (SSSR count). The predicted octanol–water partition coefficient (Wildman–Crippen LogP) is 0.00790. The molecule has 1 N–H and O–H groups in total. The Morgan fingerprint density at radius 2 is 2.00 bits per heavy atom. The van der Waals surface area contributed by atoms with Crippen molar-refractivity contribution >= 4 is 15.9 Å². The molecule has 0 aromatic carbocycles. The number of carbonyl (C=O) groups is 1. The van der Waals surface area contributed by atoms with Gasteiger partial charge in [0.25, 0.3) is 0 Å². The summed E-state index contributed by atoms with van der Waals surface area (Å²) in [4.78, 5) is 26.9. The summed E-state index contributed by atoms with van der Waals surface area (Å²) in [6, 6.07) is 2.49. The second kappa shape index (κ2) is 6.40. The van der Waals surface area contributed by atoms with Crippen LogP contribution >= 0.6 is 0 Å². The van der Waals surface area contributed by atoms with Crippen LogP contribution < -0.4 is 5.56 Å². The van der Waals surface area contributed by atoms with Gasteiger partial charge in [0.1, 0.15) is 0 Å². The Hall–Kier alpha value is -1.67. The molecular weight excluding hydrogens is 294 g/mol. The summed E-state index contributed by atoms with van der Waals surface area (Å²) in [5.74, 6) is 0.0401. The molecule has 1 aromatic heterocycles. The molecular formula is C13H19N3O4S. The predicted molar refractivity (Wildman–Crippen MR) is 77.3 cm³/mol. The molecule has 1 aliphatic heterocycles. The van der Waals surface area contributed by atoms with Crippen LogP contribution in [0.2, 0.25) is 0 Å². The SMILES string of the molecule is CCC(=O)N1CCCN(S(=O)(=O)c2ccc(=O)[nH]c2)CC1. The topological polar surface area (TPSA) is 90.6 Å². The summed E-state index contributed by atoms with van der Waals surface area (Å²) in [5.41, 5.74) is -0.343. The van der Waals surface area contributed by atoms with Gasteiger partial charge in [-0.25, -0.2) is 8.42 Å². The lowest BCUT2D eigenvalue weighted by Crippen LogP contribution is -2.37. The van der Waals surface area contributed by atoms with Crippen molar-refractivity contribution in [2.45, 2.75) is 24.7 Å².